The largest absolute Gasteiger partial charge is 0.0761 e. The maximum atomic E-state index is 2.48. The quantitative estimate of drug-likeness (QED) is 0.475. The van der Waals surface area contributed by atoms with Crippen LogP contribution < -0.4 is 0 Å². The average Bonchev–Trinajstić information content (AvgIpc) is 3.24. The molecular formula is C23H26Si. The Morgan fingerprint density at radius 3 is 1.92 bits per heavy atom. The Morgan fingerprint density at radius 1 is 0.833 bits per heavy atom. The molecule has 0 heterocycles. The van der Waals surface area contributed by atoms with Crippen molar-refractivity contribution in [2.24, 2.45) is 5.92 Å². The summed E-state index contributed by atoms with van der Waals surface area (Å²) in [7, 11) is 0.0284. The van der Waals surface area contributed by atoms with Gasteiger partial charge in [-0.15, -0.1) is 0 Å². The van der Waals surface area contributed by atoms with E-state index in [1.165, 1.54) is 29.6 Å². The van der Waals surface area contributed by atoms with Gasteiger partial charge in [-0.1, -0.05) is 98.3 Å². The average molecular weight is 331 g/mol. The zero-order valence-electron chi connectivity index (χ0n) is 14.5. The van der Waals surface area contributed by atoms with Crippen LogP contribution in [0, 0.1) is 5.92 Å². The van der Waals surface area contributed by atoms with E-state index in [1.807, 2.05) is 0 Å². The summed E-state index contributed by atoms with van der Waals surface area (Å²) in [5.74, 6) is 1.90. The minimum Gasteiger partial charge on any atom is -0.0761 e. The van der Waals surface area contributed by atoms with Gasteiger partial charge in [0.25, 0.3) is 0 Å². The van der Waals surface area contributed by atoms with E-state index in [-0.39, 0.29) is 9.52 Å². The van der Waals surface area contributed by atoms with E-state index in [2.05, 4.69) is 79.8 Å². The highest BCUT2D eigenvalue weighted by Crippen LogP contribution is 2.47. The first-order chi connectivity index (χ1) is 11.9. The van der Waals surface area contributed by atoms with Crippen LogP contribution in [0.5, 0.6) is 0 Å². The van der Waals surface area contributed by atoms with Gasteiger partial charge in [-0.3, -0.25) is 0 Å². The molecule has 2 aromatic carbocycles. The summed E-state index contributed by atoms with van der Waals surface area (Å²) >= 11 is 0. The fourth-order valence-electron chi connectivity index (χ4n) is 4.51. The minimum atomic E-state index is 0.0284. The third-order valence-corrected chi connectivity index (χ3v) is 8.02. The molecule has 0 N–H and O–H groups in total. The monoisotopic (exact) mass is 330 g/mol. The molecule has 24 heavy (non-hydrogen) atoms. The molecule has 0 bridgehead atoms. The summed E-state index contributed by atoms with van der Waals surface area (Å²) in [6.07, 6.45) is 11.0. The summed E-state index contributed by atoms with van der Waals surface area (Å²) in [6, 6.07) is 20.9. The molecule has 2 unspecified atom stereocenters. The second kappa shape index (κ2) is 6.94. The van der Waals surface area contributed by atoms with E-state index >= 15 is 0 Å². The topological polar surface area (TPSA) is 0 Å². The fourth-order valence-corrected chi connectivity index (χ4v) is 6.49. The van der Waals surface area contributed by atoms with Crippen LogP contribution in [0.2, 0.25) is 12.1 Å². The molecule has 0 amide bonds. The lowest BCUT2D eigenvalue weighted by Crippen LogP contribution is -2.19. The molecule has 2 aromatic rings. The first-order valence-corrected chi connectivity index (χ1v) is 11.4. The summed E-state index contributed by atoms with van der Waals surface area (Å²) in [5.41, 5.74) is 5.95. The molecule has 0 fully saturated rings. The normalized spacial score (nSPS) is 22.2. The Kier molecular flexibility index (Phi) is 4.53. The smallest absolute Gasteiger partial charge is 0.0201 e. The van der Waals surface area contributed by atoms with Crippen LogP contribution in [0.1, 0.15) is 47.4 Å². The number of hydrogen-bond donors (Lipinski definition) is 0. The van der Waals surface area contributed by atoms with Crippen molar-refractivity contribution in [1.29, 1.82) is 0 Å². The molecule has 0 radical (unpaired) electrons. The first kappa shape index (κ1) is 15.7. The van der Waals surface area contributed by atoms with Gasteiger partial charge < -0.3 is 0 Å². The number of hydrogen-bond acceptors (Lipinski definition) is 0. The van der Waals surface area contributed by atoms with E-state index in [9.17, 15) is 0 Å². The summed E-state index contributed by atoms with van der Waals surface area (Å²) in [4.78, 5) is 0. The van der Waals surface area contributed by atoms with Gasteiger partial charge >= 0.3 is 0 Å². The molecule has 0 spiro atoms. The Hall–Kier alpha value is -1.86. The maximum absolute atomic E-state index is 2.48. The van der Waals surface area contributed by atoms with Gasteiger partial charge in [0, 0.05) is 21.4 Å². The van der Waals surface area contributed by atoms with Crippen LogP contribution in [0.25, 0.3) is 12.2 Å². The van der Waals surface area contributed by atoms with Crippen LogP contribution >= 0.6 is 0 Å². The number of rotatable bonds is 6. The van der Waals surface area contributed by atoms with E-state index in [1.54, 1.807) is 11.1 Å². The molecule has 0 saturated heterocycles. The third kappa shape index (κ3) is 2.82. The number of fused-ring (bicyclic) bond motifs is 2. The van der Waals surface area contributed by atoms with Gasteiger partial charge in [-0.2, -0.15) is 0 Å². The second-order valence-corrected chi connectivity index (χ2v) is 9.18. The molecule has 2 aliphatic rings. The minimum absolute atomic E-state index is 0.0284. The van der Waals surface area contributed by atoms with Gasteiger partial charge in [0.05, 0.1) is 0 Å². The van der Waals surface area contributed by atoms with Crippen molar-refractivity contribution in [3.63, 3.8) is 0 Å². The highest BCUT2D eigenvalue weighted by molar-refractivity contribution is 6.35. The summed E-state index contributed by atoms with van der Waals surface area (Å²) in [5, 5.41) is 0. The standard InChI is InChI=1S/C23H26Si/c1-2-15-24-16-23(21-13-11-17-7-3-5-9-19(17)21)22-14-12-18-8-4-6-10-20(18)22/h3-14,21-23H,2,15-16,24H2,1H3. The highest BCUT2D eigenvalue weighted by atomic mass is 28.2. The van der Waals surface area contributed by atoms with Crippen molar-refractivity contribution in [3.8, 4) is 0 Å². The van der Waals surface area contributed by atoms with Gasteiger partial charge in [0.2, 0.25) is 0 Å². The lowest BCUT2D eigenvalue weighted by atomic mass is 9.78. The van der Waals surface area contributed by atoms with Gasteiger partial charge in [-0.05, 0) is 28.2 Å². The molecule has 1 heteroatoms. The van der Waals surface area contributed by atoms with Crippen molar-refractivity contribution in [3.05, 3.63) is 82.9 Å². The van der Waals surface area contributed by atoms with Crippen molar-refractivity contribution < 1.29 is 0 Å². The third-order valence-electron chi connectivity index (χ3n) is 5.74. The molecule has 2 aliphatic carbocycles. The van der Waals surface area contributed by atoms with Crippen molar-refractivity contribution >= 4 is 21.7 Å². The van der Waals surface area contributed by atoms with Crippen molar-refractivity contribution in [1.82, 2.24) is 0 Å². The van der Waals surface area contributed by atoms with E-state index in [4.69, 9.17) is 0 Å². The van der Waals surface area contributed by atoms with Crippen LogP contribution in [0.4, 0.5) is 0 Å². The molecule has 2 atom stereocenters. The van der Waals surface area contributed by atoms with Crippen LogP contribution in [-0.2, 0) is 0 Å². The van der Waals surface area contributed by atoms with Crippen molar-refractivity contribution in [2.75, 3.05) is 0 Å². The SMILES string of the molecule is CCC[SiH2]CC(C1C=Cc2ccccc21)C1C=Cc2ccccc21. The zero-order chi connectivity index (χ0) is 16.4. The Bertz CT molecular complexity index is 710. The molecule has 0 saturated carbocycles. The number of benzene rings is 2. The molecular weight excluding hydrogens is 304 g/mol. The van der Waals surface area contributed by atoms with Crippen LogP contribution in [-0.4, -0.2) is 9.52 Å². The van der Waals surface area contributed by atoms with Crippen molar-refractivity contribution in [2.45, 2.75) is 37.3 Å². The fraction of sp³-hybridized carbons (Fsp3) is 0.304. The lowest BCUT2D eigenvalue weighted by Gasteiger charge is -2.29. The molecule has 0 aromatic heterocycles. The van der Waals surface area contributed by atoms with Crippen LogP contribution in [0.3, 0.4) is 0 Å². The van der Waals surface area contributed by atoms with Gasteiger partial charge in [0.15, 0.2) is 0 Å². The lowest BCUT2D eigenvalue weighted by molar-refractivity contribution is 0.479. The first-order valence-electron chi connectivity index (χ1n) is 9.42. The van der Waals surface area contributed by atoms with Gasteiger partial charge in [-0.25, -0.2) is 0 Å². The molecule has 0 nitrogen and oxygen atoms in total. The van der Waals surface area contributed by atoms with E-state index in [0.717, 1.165) is 5.92 Å². The molecule has 4 rings (SSSR count). The summed E-state index contributed by atoms with van der Waals surface area (Å²) < 4.78 is 0. The van der Waals surface area contributed by atoms with E-state index in [0.29, 0.717) is 11.8 Å². The second-order valence-electron chi connectivity index (χ2n) is 7.19. The van der Waals surface area contributed by atoms with E-state index < -0.39 is 0 Å². The Morgan fingerprint density at radius 2 is 1.38 bits per heavy atom. The highest BCUT2D eigenvalue weighted by Gasteiger charge is 2.33. The predicted molar refractivity (Wildman–Crippen MR) is 108 cm³/mol. The summed E-state index contributed by atoms with van der Waals surface area (Å²) in [6.45, 7) is 2.33. The molecule has 0 aliphatic heterocycles. The maximum Gasteiger partial charge on any atom is 0.0201 e. The Labute approximate surface area is 148 Å². The van der Waals surface area contributed by atoms with Crippen LogP contribution in [0.15, 0.2) is 60.7 Å². The molecule has 122 valence electrons. The number of allylic oxidation sites excluding steroid dienone is 2. The zero-order valence-corrected chi connectivity index (χ0v) is 15.9. The van der Waals surface area contributed by atoms with Gasteiger partial charge in [0.1, 0.15) is 0 Å². The predicted octanol–water partition coefficient (Wildman–Crippen LogP) is 5.64. The Balaban J connectivity index is 1.66.